The number of ether oxygens (including phenoxy) is 1. The molecule has 1 amide bonds. The molecule has 0 aromatic heterocycles. The number of hydrogen-bond acceptors (Lipinski definition) is 5. The number of aliphatic carboxylic acids is 1. The van der Waals surface area contributed by atoms with Crippen molar-refractivity contribution in [1.29, 1.82) is 0 Å². The highest BCUT2D eigenvalue weighted by Crippen LogP contribution is 2.25. The van der Waals surface area contributed by atoms with E-state index in [1.165, 1.54) is 44.2 Å². The van der Waals surface area contributed by atoms with Crippen LogP contribution in [-0.2, 0) is 14.8 Å². The van der Waals surface area contributed by atoms with E-state index in [2.05, 4.69) is 4.72 Å². The predicted octanol–water partition coefficient (Wildman–Crippen LogP) is 1.17. The fourth-order valence-electron chi connectivity index (χ4n) is 2.19. The summed E-state index contributed by atoms with van der Waals surface area (Å²) in [5.41, 5.74) is 0.130. The Morgan fingerprint density at radius 1 is 1.28 bits per heavy atom. The molecule has 1 aromatic carbocycles. The minimum absolute atomic E-state index is 0.00647. The van der Waals surface area contributed by atoms with Gasteiger partial charge in [0.1, 0.15) is 10.6 Å². The molecule has 1 atom stereocenters. The van der Waals surface area contributed by atoms with Crippen LogP contribution in [-0.4, -0.2) is 57.0 Å². The molecule has 140 valence electrons. The Labute approximate surface area is 147 Å². The van der Waals surface area contributed by atoms with Crippen molar-refractivity contribution in [2.45, 2.75) is 31.7 Å². The lowest BCUT2D eigenvalue weighted by molar-refractivity contribution is -0.141. The van der Waals surface area contributed by atoms with Gasteiger partial charge in [-0.25, -0.2) is 13.1 Å². The Balaban J connectivity index is 3.20. The molecule has 0 saturated heterocycles. The van der Waals surface area contributed by atoms with Gasteiger partial charge in [-0.1, -0.05) is 6.92 Å². The molecule has 0 heterocycles. The summed E-state index contributed by atoms with van der Waals surface area (Å²) in [6.07, 6.45) is 0. The number of rotatable bonds is 8. The van der Waals surface area contributed by atoms with Crippen molar-refractivity contribution in [2.24, 2.45) is 5.92 Å². The Morgan fingerprint density at radius 2 is 1.88 bits per heavy atom. The quantitative estimate of drug-likeness (QED) is 0.708. The van der Waals surface area contributed by atoms with Crippen molar-refractivity contribution in [3.63, 3.8) is 0 Å². The maximum atomic E-state index is 12.5. The van der Waals surface area contributed by atoms with Gasteiger partial charge in [-0.15, -0.1) is 0 Å². The number of sulfonamides is 1. The average molecular weight is 372 g/mol. The van der Waals surface area contributed by atoms with Gasteiger partial charge in [-0.3, -0.25) is 9.59 Å². The molecule has 0 spiro atoms. The van der Waals surface area contributed by atoms with Gasteiger partial charge in [0.05, 0.1) is 13.0 Å². The van der Waals surface area contributed by atoms with E-state index in [9.17, 15) is 18.0 Å². The minimum Gasteiger partial charge on any atom is -0.495 e. The van der Waals surface area contributed by atoms with Gasteiger partial charge in [0.2, 0.25) is 10.0 Å². The predicted molar refractivity (Wildman–Crippen MR) is 92.2 cm³/mol. The van der Waals surface area contributed by atoms with Crippen LogP contribution in [0.25, 0.3) is 0 Å². The van der Waals surface area contributed by atoms with Crippen LogP contribution in [0.5, 0.6) is 5.75 Å². The first-order valence-corrected chi connectivity index (χ1v) is 9.16. The van der Waals surface area contributed by atoms with Crippen molar-refractivity contribution < 1.29 is 27.9 Å². The number of nitrogens with zero attached hydrogens (tertiary/aromatic N) is 1. The van der Waals surface area contributed by atoms with Gasteiger partial charge in [-0.2, -0.15) is 0 Å². The lowest BCUT2D eigenvalue weighted by Gasteiger charge is -2.20. The molecule has 25 heavy (non-hydrogen) atoms. The molecule has 0 aliphatic heterocycles. The first-order valence-electron chi connectivity index (χ1n) is 7.68. The topological polar surface area (TPSA) is 113 Å². The van der Waals surface area contributed by atoms with E-state index < -0.39 is 27.8 Å². The van der Waals surface area contributed by atoms with Gasteiger partial charge in [0.15, 0.2) is 0 Å². The lowest BCUT2D eigenvalue weighted by Crippen LogP contribution is -2.34. The number of carbonyl (C=O) groups is 2. The molecule has 8 nitrogen and oxygen atoms in total. The molecule has 0 radical (unpaired) electrons. The summed E-state index contributed by atoms with van der Waals surface area (Å²) >= 11 is 0. The fourth-order valence-corrected chi connectivity index (χ4v) is 3.63. The number of methoxy groups -OCH3 is 1. The van der Waals surface area contributed by atoms with Gasteiger partial charge in [-0.05, 0) is 32.0 Å². The van der Waals surface area contributed by atoms with Gasteiger partial charge >= 0.3 is 5.97 Å². The number of hydrogen-bond donors (Lipinski definition) is 2. The highest BCUT2D eigenvalue weighted by Gasteiger charge is 2.24. The molecule has 0 aliphatic rings. The summed E-state index contributed by atoms with van der Waals surface area (Å²) in [5.74, 6) is -2.11. The minimum atomic E-state index is -3.86. The Bertz CT molecular complexity index is 745. The number of benzene rings is 1. The molecule has 2 N–H and O–H groups in total. The van der Waals surface area contributed by atoms with Crippen LogP contribution in [0.3, 0.4) is 0 Å². The molecule has 1 aromatic rings. The molecular formula is C16H24N2O6S. The van der Waals surface area contributed by atoms with Crippen LogP contribution in [0.2, 0.25) is 0 Å². The Morgan fingerprint density at radius 3 is 2.36 bits per heavy atom. The molecule has 9 heteroatoms. The highest BCUT2D eigenvalue weighted by atomic mass is 32.2. The summed E-state index contributed by atoms with van der Waals surface area (Å²) in [5, 5.41) is 8.94. The standard InChI is InChI=1S/C16H24N2O6S/c1-10(2)17-25(22,23)14-8-12(6-7-13(14)24-5)15(19)18(4)9-11(3)16(20)21/h6-8,10-11,17H,9H2,1-5H3,(H,20,21). The number of nitrogens with one attached hydrogen (secondary N) is 1. The largest absolute Gasteiger partial charge is 0.495 e. The molecule has 1 unspecified atom stereocenters. The van der Waals surface area contributed by atoms with E-state index >= 15 is 0 Å². The summed E-state index contributed by atoms with van der Waals surface area (Å²) in [6.45, 7) is 4.86. The van der Waals surface area contributed by atoms with E-state index in [4.69, 9.17) is 9.84 Å². The maximum Gasteiger partial charge on any atom is 0.308 e. The monoisotopic (exact) mass is 372 g/mol. The average Bonchev–Trinajstić information content (AvgIpc) is 2.52. The lowest BCUT2D eigenvalue weighted by atomic mass is 10.1. The van der Waals surface area contributed by atoms with Crippen molar-refractivity contribution in [3.05, 3.63) is 23.8 Å². The van der Waals surface area contributed by atoms with E-state index in [1.54, 1.807) is 13.8 Å². The number of amides is 1. The number of carboxylic acid groups (broad SMARTS) is 1. The highest BCUT2D eigenvalue weighted by molar-refractivity contribution is 7.89. The summed E-state index contributed by atoms with van der Waals surface area (Å²) in [4.78, 5) is 24.5. The SMILES string of the molecule is COc1ccc(C(=O)N(C)CC(C)C(=O)O)cc1S(=O)(=O)NC(C)C. The normalized spacial score (nSPS) is 12.7. The smallest absolute Gasteiger partial charge is 0.308 e. The third-order valence-electron chi connectivity index (χ3n) is 3.41. The summed E-state index contributed by atoms with van der Waals surface area (Å²) < 4.78 is 32.4. The Kier molecular flexibility index (Phi) is 6.95. The molecule has 0 bridgehead atoms. The second-order valence-corrected chi connectivity index (χ2v) is 7.75. The molecular weight excluding hydrogens is 348 g/mol. The summed E-state index contributed by atoms with van der Waals surface area (Å²) in [6, 6.07) is 3.75. The number of carboxylic acids is 1. The van der Waals surface area contributed by atoms with Crippen LogP contribution in [0.4, 0.5) is 0 Å². The first-order chi connectivity index (χ1) is 11.5. The van der Waals surface area contributed by atoms with Crippen molar-refractivity contribution >= 4 is 21.9 Å². The van der Waals surface area contributed by atoms with Crippen molar-refractivity contribution in [3.8, 4) is 5.75 Å². The molecule has 0 aliphatic carbocycles. The molecule has 1 rings (SSSR count). The van der Waals surface area contributed by atoms with Crippen LogP contribution in [0.15, 0.2) is 23.1 Å². The number of carbonyl (C=O) groups excluding carboxylic acids is 1. The van der Waals surface area contributed by atoms with Crippen molar-refractivity contribution in [1.82, 2.24) is 9.62 Å². The second-order valence-electron chi connectivity index (χ2n) is 6.07. The zero-order valence-electron chi connectivity index (χ0n) is 14.9. The van der Waals surface area contributed by atoms with E-state index in [0.717, 1.165) is 0 Å². The van der Waals surface area contributed by atoms with Gasteiger partial charge in [0, 0.05) is 25.2 Å². The second kappa shape index (κ2) is 8.30. The van der Waals surface area contributed by atoms with E-state index in [1.807, 2.05) is 0 Å². The van der Waals surface area contributed by atoms with Gasteiger partial charge < -0.3 is 14.7 Å². The zero-order chi connectivity index (χ0) is 19.4. The van der Waals surface area contributed by atoms with Crippen LogP contribution < -0.4 is 9.46 Å². The van der Waals surface area contributed by atoms with Crippen LogP contribution in [0, 0.1) is 5.92 Å². The van der Waals surface area contributed by atoms with E-state index in [0.29, 0.717) is 0 Å². The Hall–Kier alpha value is -2.13. The fraction of sp³-hybridized carbons (Fsp3) is 0.500. The van der Waals surface area contributed by atoms with Crippen LogP contribution in [0.1, 0.15) is 31.1 Å². The van der Waals surface area contributed by atoms with Crippen LogP contribution >= 0.6 is 0 Å². The first kappa shape index (κ1) is 20.9. The maximum absolute atomic E-state index is 12.5. The van der Waals surface area contributed by atoms with E-state index in [-0.39, 0.29) is 28.8 Å². The molecule has 0 saturated carbocycles. The van der Waals surface area contributed by atoms with Gasteiger partial charge in [0.25, 0.3) is 5.91 Å². The zero-order valence-corrected chi connectivity index (χ0v) is 15.8. The summed E-state index contributed by atoms with van der Waals surface area (Å²) in [7, 11) is -1.06. The van der Waals surface area contributed by atoms with Crippen molar-refractivity contribution in [2.75, 3.05) is 20.7 Å². The third kappa shape index (κ3) is 5.43. The third-order valence-corrected chi connectivity index (χ3v) is 5.09. The molecule has 0 fully saturated rings.